The molecule has 0 bridgehead atoms. The van der Waals surface area contributed by atoms with Crippen molar-refractivity contribution in [3.8, 4) is 5.75 Å². The largest absolute Gasteiger partial charge is 0.481 e. The van der Waals surface area contributed by atoms with Crippen molar-refractivity contribution in [1.82, 2.24) is 0 Å². The van der Waals surface area contributed by atoms with Gasteiger partial charge < -0.3 is 19.8 Å². The molecule has 6 nitrogen and oxygen atoms in total. The van der Waals surface area contributed by atoms with Crippen LogP contribution in [0.15, 0.2) is 83.3 Å². The first-order chi connectivity index (χ1) is 15.0. The molecule has 1 atom stereocenters. The number of fused-ring (bicyclic) bond motifs is 1. The number of hydrogen-bond donors (Lipinski definition) is 2. The molecule has 4 rings (SSSR count). The number of ether oxygens (including phenoxy) is 1. The predicted octanol–water partition coefficient (Wildman–Crippen LogP) is 5.23. The van der Waals surface area contributed by atoms with Crippen LogP contribution < -0.4 is 15.4 Å². The van der Waals surface area contributed by atoms with Crippen LogP contribution in [0, 0.1) is 5.82 Å². The molecule has 2 N–H and O–H groups in total. The summed E-state index contributed by atoms with van der Waals surface area (Å²) in [5.41, 5.74) is 0.917. The van der Waals surface area contributed by atoms with E-state index in [1.165, 1.54) is 18.2 Å². The lowest BCUT2D eigenvalue weighted by Gasteiger charge is -2.15. The number of para-hydroxylation sites is 2. The Hall–Kier alpha value is -4.13. The number of halogens is 1. The standard InChI is InChI=1S/C24H19FN2O4/c1-15(30-18-10-3-2-4-11-18)23(28)27-21-19-12-5-6-13-20(19)31-22(21)24(29)26-17-9-7-8-16(25)14-17/h2-15H,1H3,(H,26,29)(H,27,28)/t15-/m0/s1. The number of nitrogens with one attached hydrogen (secondary N) is 2. The molecule has 0 aliphatic carbocycles. The summed E-state index contributed by atoms with van der Waals surface area (Å²) >= 11 is 0. The third-order valence-corrected chi connectivity index (χ3v) is 4.56. The molecular formula is C24H19FN2O4. The van der Waals surface area contributed by atoms with Gasteiger partial charge in [0.1, 0.15) is 22.8 Å². The lowest BCUT2D eigenvalue weighted by atomic mass is 10.2. The van der Waals surface area contributed by atoms with Gasteiger partial charge in [-0.2, -0.15) is 0 Å². The van der Waals surface area contributed by atoms with Crippen molar-refractivity contribution in [3.05, 3.63) is 90.4 Å². The Balaban J connectivity index is 1.60. The van der Waals surface area contributed by atoms with E-state index in [2.05, 4.69) is 10.6 Å². The van der Waals surface area contributed by atoms with Gasteiger partial charge >= 0.3 is 0 Å². The fourth-order valence-electron chi connectivity index (χ4n) is 3.07. The average molecular weight is 418 g/mol. The molecule has 156 valence electrons. The van der Waals surface area contributed by atoms with Crippen LogP contribution in [-0.4, -0.2) is 17.9 Å². The van der Waals surface area contributed by atoms with Crippen LogP contribution >= 0.6 is 0 Å². The van der Waals surface area contributed by atoms with E-state index < -0.39 is 23.7 Å². The molecule has 2 amide bonds. The molecule has 4 aromatic rings. The lowest BCUT2D eigenvalue weighted by Crippen LogP contribution is -2.30. The predicted molar refractivity (Wildman–Crippen MR) is 116 cm³/mol. The Morgan fingerprint density at radius 1 is 0.935 bits per heavy atom. The summed E-state index contributed by atoms with van der Waals surface area (Å²) in [6.45, 7) is 1.61. The van der Waals surface area contributed by atoms with E-state index in [0.717, 1.165) is 0 Å². The summed E-state index contributed by atoms with van der Waals surface area (Å²) in [7, 11) is 0. The van der Waals surface area contributed by atoms with Gasteiger partial charge in [0.05, 0.1) is 0 Å². The average Bonchev–Trinajstić information content (AvgIpc) is 3.13. The van der Waals surface area contributed by atoms with Gasteiger partial charge in [-0.1, -0.05) is 36.4 Å². The van der Waals surface area contributed by atoms with Crippen molar-refractivity contribution in [3.63, 3.8) is 0 Å². The second-order valence-corrected chi connectivity index (χ2v) is 6.83. The minimum absolute atomic E-state index is 0.0919. The minimum atomic E-state index is -0.824. The van der Waals surface area contributed by atoms with Gasteiger partial charge in [0, 0.05) is 11.1 Å². The SMILES string of the molecule is C[C@H](Oc1ccccc1)C(=O)Nc1c(C(=O)Nc2cccc(F)c2)oc2ccccc12. The van der Waals surface area contributed by atoms with E-state index in [4.69, 9.17) is 9.15 Å². The third-order valence-electron chi connectivity index (χ3n) is 4.56. The zero-order valence-electron chi connectivity index (χ0n) is 16.6. The topological polar surface area (TPSA) is 80.6 Å². The van der Waals surface area contributed by atoms with Crippen LogP contribution in [0.25, 0.3) is 11.0 Å². The van der Waals surface area contributed by atoms with Gasteiger partial charge in [-0.25, -0.2) is 4.39 Å². The fourth-order valence-corrected chi connectivity index (χ4v) is 3.07. The summed E-state index contributed by atoms with van der Waals surface area (Å²) < 4.78 is 24.8. The molecule has 3 aromatic carbocycles. The Labute approximate surface area is 177 Å². The zero-order chi connectivity index (χ0) is 21.8. The molecule has 7 heteroatoms. The first kappa shape index (κ1) is 20.2. The molecule has 0 aliphatic heterocycles. The summed E-state index contributed by atoms with van der Waals surface area (Å²) in [4.78, 5) is 25.6. The van der Waals surface area contributed by atoms with Gasteiger partial charge in [0.25, 0.3) is 11.8 Å². The normalized spacial score (nSPS) is 11.7. The van der Waals surface area contributed by atoms with Crippen LogP contribution in [0.2, 0.25) is 0 Å². The van der Waals surface area contributed by atoms with Crippen molar-refractivity contribution < 1.29 is 23.1 Å². The van der Waals surface area contributed by atoms with Crippen LogP contribution in [0.1, 0.15) is 17.5 Å². The quantitative estimate of drug-likeness (QED) is 0.449. The highest BCUT2D eigenvalue weighted by molar-refractivity contribution is 6.14. The summed E-state index contributed by atoms with van der Waals surface area (Å²) in [6, 6.07) is 21.4. The highest BCUT2D eigenvalue weighted by Crippen LogP contribution is 2.32. The Kier molecular flexibility index (Phi) is 5.66. The number of benzene rings is 3. The number of rotatable bonds is 6. The zero-order valence-corrected chi connectivity index (χ0v) is 16.6. The lowest BCUT2D eigenvalue weighted by molar-refractivity contribution is -0.122. The molecule has 0 fully saturated rings. The monoisotopic (exact) mass is 418 g/mol. The highest BCUT2D eigenvalue weighted by Gasteiger charge is 2.25. The highest BCUT2D eigenvalue weighted by atomic mass is 19.1. The molecule has 0 spiro atoms. The molecule has 0 radical (unpaired) electrons. The molecule has 31 heavy (non-hydrogen) atoms. The number of carbonyl (C=O) groups excluding carboxylic acids is 2. The Bertz CT molecular complexity index is 1240. The molecule has 0 saturated carbocycles. The number of carbonyl (C=O) groups is 2. The molecule has 0 aliphatic rings. The van der Waals surface area contributed by atoms with Crippen molar-refractivity contribution in [2.45, 2.75) is 13.0 Å². The van der Waals surface area contributed by atoms with E-state index in [-0.39, 0.29) is 17.1 Å². The first-order valence-corrected chi connectivity index (χ1v) is 9.62. The van der Waals surface area contributed by atoms with E-state index in [1.54, 1.807) is 61.5 Å². The van der Waals surface area contributed by atoms with E-state index in [1.807, 2.05) is 6.07 Å². The van der Waals surface area contributed by atoms with Gasteiger partial charge in [0.15, 0.2) is 6.10 Å². The molecule has 1 aromatic heterocycles. The summed E-state index contributed by atoms with van der Waals surface area (Å²) in [6.07, 6.45) is -0.824. The number of hydrogen-bond acceptors (Lipinski definition) is 4. The van der Waals surface area contributed by atoms with Crippen LogP contribution in [-0.2, 0) is 4.79 Å². The number of amides is 2. The Morgan fingerprint density at radius 2 is 1.68 bits per heavy atom. The van der Waals surface area contributed by atoms with Gasteiger partial charge in [-0.05, 0) is 49.4 Å². The molecule has 0 saturated heterocycles. The van der Waals surface area contributed by atoms with Crippen molar-refractivity contribution in [2.24, 2.45) is 0 Å². The second-order valence-electron chi connectivity index (χ2n) is 6.83. The second kappa shape index (κ2) is 8.71. The van der Waals surface area contributed by atoms with Gasteiger partial charge in [-0.3, -0.25) is 9.59 Å². The van der Waals surface area contributed by atoms with Crippen LogP contribution in [0.3, 0.4) is 0 Å². The Morgan fingerprint density at radius 3 is 2.45 bits per heavy atom. The van der Waals surface area contributed by atoms with E-state index in [9.17, 15) is 14.0 Å². The van der Waals surface area contributed by atoms with Crippen molar-refractivity contribution in [1.29, 1.82) is 0 Å². The molecule has 0 unspecified atom stereocenters. The maximum atomic E-state index is 13.5. The first-order valence-electron chi connectivity index (χ1n) is 9.62. The number of anilines is 2. The fraction of sp³-hybridized carbons (Fsp3) is 0.0833. The molecule has 1 heterocycles. The van der Waals surface area contributed by atoms with Gasteiger partial charge in [0.2, 0.25) is 5.76 Å². The third kappa shape index (κ3) is 4.56. The van der Waals surface area contributed by atoms with Gasteiger partial charge in [-0.15, -0.1) is 0 Å². The van der Waals surface area contributed by atoms with E-state index in [0.29, 0.717) is 16.7 Å². The van der Waals surface area contributed by atoms with Crippen LogP contribution in [0.4, 0.5) is 15.8 Å². The van der Waals surface area contributed by atoms with E-state index >= 15 is 0 Å². The number of furan rings is 1. The molecular weight excluding hydrogens is 399 g/mol. The van der Waals surface area contributed by atoms with Crippen LogP contribution in [0.5, 0.6) is 5.75 Å². The van der Waals surface area contributed by atoms with Crippen molar-refractivity contribution >= 4 is 34.2 Å². The maximum absolute atomic E-state index is 13.5. The summed E-state index contributed by atoms with van der Waals surface area (Å²) in [5.74, 6) is -1.09. The van der Waals surface area contributed by atoms with Crippen molar-refractivity contribution in [2.75, 3.05) is 10.6 Å². The summed E-state index contributed by atoms with van der Waals surface area (Å²) in [5, 5.41) is 5.89. The smallest absolute Gasteiger partial charge is 0.293 e. The minimum Gasteiger partial charge on any atom is -0.481 e. The maximum Gasteiger partial charge on any atom is 0.293 e.